The van der Waals surface area contributed by atoms with Crippen molar-refractivity contribution in [3.63, 3.8) is 0 Å². The van der Waals surface area contributed by atoms with Crippen molar-refractivity contribution in [2.24, 2.45) is 0 Å². The molecule has 5 nitrogen and oxygen atoms in total. The minimum absolute atomic E-state index is 0.00418. The van der Waals surface area contributed by atoms with E-state index < -0.39 is 9.84 Å². The second-order valence-corrected chi connectivity index (χ2v) is 9.00. The van der Waals surface area contributed by atoms with Gasteiger partial charge in [0.25, 0.3) is 5.91 Å². The Kier molecular flexibility index (Phi) is 4.09. The lowest BCUT2D eigenvalue weighted by atomic mass is 10.0. The molecule has 6 heteroatoms. The SMILES string of the molecule is O=C1C[NH+](Cc2ccccc2)[C@H]2CS(=O)(=O)C[C@@H]2N1c1ccccc1. The van der Waals surface area contributed by atoms with E-state index in [9.17, 15) is 13.2 Å². The molecular weight excluding hydrogens is 336 g/mol. The number of piperazine rings is 1. The molecule has 2 aliphatic rings. The first kappa shape index (κ1) is 16.3. The van der Waals surface area contributed by atoms with Gasteiger partial charge in [0.1, 0.15) is 24.4 Å². The average molecular weight is 357 g/mol. The second-order valence-electron chi connectivity index (χ2n) is 6.85. The zero-order valence-corrected chi connectivity index (χ0v) is 14.7. The van der Waals surface area contributed by atoms with Gasteiger partial charge < -0.3 is 4.90 Å². The van der Waals surface area contributed by atoms with E-state index >= 15 is 0 Å². The van der Waals surface area contributed by atoms with E-state index in [1.54, 1.807) is 4.90 Å². The molecule has 2 aromatic rings. The highest BCUT2D eigenvalue weighted by atomic mass is 32.2. The summed E-state index contributed by atoms with van der Waals surface area (Å²) >= 11 is 0. The van der Waals surface area contributed by atoms with Gasteiger partial charge in [0.2, 0.25) is 0 Å². The summed E-state index contributed by atoms with van der Waals surface area (Å²) in [5, 5.41) is 0. The standard InChI is InChI=1S/C19H20N2O3S/c22-19-12-20(11-15-7-3-1-4-8-15)17-13-25(23,24)14-18(17)21(19)16-9-5-2-6-10-16/h1-10,17-18H,11-14H2/p+1/t17-,18-/m0/s1. The van der Waals surface area contributed by atoms with Gasteiger partial charge in [0.05, 0.1) is 5.75 Å². The molecule has 0 bridgehead atoms. The zero-order valence-electron chi connectivity index (χ0n) is 13.8. The van der Waals surface area contributed by atoms with Gasteiger partial charge >= 0.3 is 0 Å². The molecule has 130 valence electrons. The summed E-state index contributed by atoms with van der Waals surface area (Å²) in [5.41, 5.74) is 1.92. The molecular formula is C19H21N2O3S+. The summed E-state index contributed by atoms with van der Waals surface area (Å²) in [6.07, 6.45) is 0. The fraction of sp³-hybridized carbons (Fsp3) is 0.316. The number of carbonyl (C=O) groups is 1. The molecule has 25 heavy (non-hydrogen) atoms. The van der Waals surface area contributed by atoms with Gasteiger partial charge in [-0.15, -0.1) is 0 Å². The third kappa shape index (κ3) is 3.19. The lowest BCUT2D eigenvalue weighted by Crippen LogP contribution is -3.19. The van der Waals surface area contributed by atoms with Crippen LogP contribution in [0.2, 0.25) is 0 Å². The van der Waals surface area contributed by atoms with Crippen LogP contribution in [0.3, 0.4) is 0 Å². The van der Waals surface area contributed by atoms with Gasteiger partial charge in [-0.1, -0.05) is 48.5 Å². The van der Waals surface area contributed by atoms with Crippen molar-refractivity contribution in [3.8, 4) is 0 Å². The van der Waals surface area contributed by atoms with Crippen LogP contribution in [0.1, 0.15) is 5.56 Å². The van der Waals surface area contributed by atoms with E-state index in [0.29, 0.717) is 13.1 Å². The van der Waals surface area contributed by atoms with Gasteiger partial charge in [-0.25, -0.2) is 8.42 Å². The molecule has 1 N–H and O–H groups in total. The van der Waals surface area contributed by atoms with Crippen LogP contribution in [0.15, 0.2) is 60.7 Å². The van der Waals surface area contributed by atoms with Gasteiger partial charge in [-0.2, -0.15) is 0 Å². The Bertz CT molecular complexity index is 868. The number of hydrogen-bond acceptors (Lipinski definition) is 3. The molecule has 1 amide bonds. The molecule has 0 saturated carbocycles. The predicted molar refractivity (Wildman–Crippen MR) is 96.1 cm³/mol. The van der Waals surface area contributed by atoms with Crippen LogP contribution in [-0.4, -0.2) is 44.5 Å². The number of amides is 1. The molecule has 2 aromatic carbocycles. The molecule has 0 aromatic heterocycles. The number of carbonyl (C=O) groups excluding carboxylic acids is 1. The van der Waals surface area contributed by atoms with Crippen LogP contribution >= 0.6 is 0 Å². The number of nitrogens with zero attached hydrogens (tertiary/aromatic N) is 1. The monoisotopic (exact) mass is 357 g/mol. The zero-order chi connectivity index (χ0) is 17.4. The van der Waals surface area contributed by atoms with Crippen molar-refractivity contribution in [1.29, 1.82) is 0 Å². The Balaban J connectivity index is 1.67. The van der Waals surface area contributed by atoms with Crippen LogP contribution in [0.4, 0.5) is 5.69 Å². The number of benzene rings is 2. The molecule has 0 spiro atoms. The maximum atomic E-state index is 12.9. The van der Waals surface area contributed by atoms with Gasteiger partial charge in [0.15, 0.2) is 16.4 Å². The van der Waals surface area contributed by atoms with Crippen molar-refractivity contribution in [1.82, 2.24) is 0 Å². The molecule has 0 radical (unpaired) electrons. The van der Waals surface area contributed by atoms with Crippen molar-refractivity contribution < 1.29 is 18.1 Å². The summed E-state index contributed by atoms with van der Waals surface area (Å²) in [6, 6.07) is 19.0. The Labute approximate surface area is 147 Å². The lowest BCUT2D eigenvalue weighted by molar-refractivity contribution is -0.931. The highest BCUT2D eigenvalue weighted by molar-refractivity contribution is 7.91. The Morgan fingerprint density at radius 2 is 1.60 bits per heavy atom. The fourth-order valence-corrected chi connectivity index (χ4v) is 6.09. The maximum absolute atomic E-state index is 12.9. The van der Waals surface area contributed by atoms with E-state index in [2.05, 4.69) is 0 Å². The number of anilines is 1. The lowest BCUT2D eigenvalue weighted by Gasteiger charge is -2.40. The minimum atomic E-state index is -3.13. The third-order valence-corrected chi connectivity index (χ3v) is 6.85. The van der Waals surface area contributed by atoms with Crippen LogP contribution < -0.4 is 9.80 Å². The number of rotatable bonds is 3. The number of hydrogen-bond donors (Lipinski definition) is 1. The van der Waals surface area contributed by atoms with Gasteiger partial charge in [-0.3, -0.25) is 9.69 Å². The predicted octanol–water partition coefficient (Wildman–Crippen LogP) is 0.284. The Hall–Kier alpha value is -2.18. The highest BCUT2D eigenvalue weighted by Crippen LogP contribution is 2.26. The van der Waals surface area contributed by atoms with Crippen LogP contribution in [0.5, 0.6) is 0 Å². The van der Waals surface area contributed by atoms with Crippen LogP contribution in [-0.2, 0) is 21.2 Å². The summed E-state index contributed by atoms with van der Waals surface area (Å²) < 4.78 is 24.7. The summed E-state index contributed by atoms with van der Waals surface area (Å²) in [5.74, 6) is 0.197. The number of para-hydroxylation sites is 1. The third-order valence-electron chi connectivity index (χ3n) is 5.13. The summed E-state index contributed by atoms with van der Waals surface area (Å²) in [7, 11) is -3.13. The minimum Gasteiger partial charge on any atom is -0.318 e. The van der Waals surface area contributed by atoms with Crippen molar-refractivity contribution >= 4 is 21.4 Å². The molecule has 1 unspecified atom stereocenters. The first-order valence-corrected chi connectivity index (χ1v) is 10.3. The first-order chi connectivity index (χ1) is 12.0. The maximum Gasteiger partial charge on any atom is 0.282 e. The molecule has 4 rings (SSSR count). The Morgan fingerprint density at radius 3 is 2.28 bits per heavy atom. The van der Waals surface area contributed by atoms with E-state index in [4.69, 9.17) is 0 Å². The fourth-order valence-electron chi connectivity index (χ4n) is 4.04. The summed E-state index contributed by atoms with van der Waals surface area (Å²) in [4.78, 5) is 15.6. The topological polar surface area (TPSA) is 58.9 Å². The van der Waals surface area contributed by atoms with E-state index in [1.165, 1.54) is 0 Å². The average Bonchev–Trinajstić information content (AvgIpc) is 2.92. The molecule has 2 saturated heterocycles. The molecule has 0 aliphatic carbocycles. The second kappa shape index (κ2) is 6.28. The van der Waals surface area contributed by atoms with E-state index in [-0.39, 0.29) is 29.5 Å². The normalized spacial score (nSPS) is 27.9. The number of sulfone groups is 1. The number of quaternary nitrogens is 1. The highest BCUT2D eigenvalue weighted by Gasteiger charge is 2.52. The van der Waals surface area contributed by atoms with Crippen LogP contribution in [0.25, 0.3) is 0 Å². The summed E-state index contributed by atoms with van der Waals surface area (Å²) in [6.45, 7) is 0.992. The molecule has 2 heterocycles. The van der Waals surface area contributed by atoms with Crippen molar-refractivity contribution in [3.05, 3.63) is 66.2 Å². The Morgan fingerprint density at radius 1 is 0.960 bits per heavy atom. The largest absolute Gasteiger partial charge is 0.318 e. The molecule has 3 atom stereocenters. The van der Waals surface area contributed by atoms with Crippen molar-refractivity contribution in [2.75, 3.05) is 23.0 Å². The van der Waals surface area contributed by atoms with Crippen molar-refractivity contribution in [2.45, 2.75) is 18.6 Å². The quantitative estimate of drug-likeness (QED) is 0.859. The van der Waals surface area contributed by atoms with Gasteiger partial charge in [-0.05, 0) is 12.1 Å². The van der Waals surface area contributed by atoms with E-state index in [0.717, 1.165) is 16.2 Å². The number of fused-ring (bicyclic) bond motifs is 1. The first-order valence-electron chi connectivity index (χ1n) is 8.49. The smallest absolute Gasteiger partial charge is 0.282 e. The number of nitrogens with one attached hydrogen (secondary N) is 1. The van der Waals surface area contributed by atoms with E-state index in [1.807, 2.05) is 60.7 Å². The molecule has 2 fully saturated rings. The molecule has 2 aliphatic heterocycles. The van der Waals surface area contributed by atoms with Crippen LogP contribution in [0, 0.1) is 0 Å². The van der Waals surface area contributed by atoms with Gasteiger partial charge in [0, 0.05) is 11.3 Å².